The summed E-state index contributed by atoms with van der Waals surface area (Å²) < 4.78 is 6.84. The van der Waals surface area contributed by atoms with Crippen LogP contribution in [0.3, 0.4) is 0 Å². The molecule has 0 N–H and O–H groups in total. The predicted octanol–water partition coefficient (Wildman–Crippen LogP) is 12.7. The quantitative estimate of drug-likeness (QED) is 0.113. The maximum Gasteiger partial charge on any atom is 0.237 e. The van der Waals surface area contributed by atoms with Gasteiger partial charge < -0.3 is 4.57 Å². The average Bonchev–Trinajstić information content (AvgIpc) is 4.09. The molecule has 0 radical (unpaired) electrons. The first-order valence-electron chi connectivity index (χ1n) is 24.3. The van der Waals surface area contributed by atoms with Crippen LogP contribution in [0, 0.1) is 11.3 Å². The van der Waals surface area contributed by atoms with E-state index in [4.69, 9.17) is 9.97 Å². The van der Waals surface area contributed by atoms with Gasteiger partial charge in [-0.15, -0.1) is 0 Å². The van der Waals surface area contributed by atoms with Crippen molar-refractivity contribution in [1.82, 2.24) is 23.7 Å². The molecule has 0 aliphatic heterocycles. The van der Waals surface area contributed by atoms with E-state index in [-0.39, 0.29) is 0 Å². The van der Waals surface area contributed by atoms with E-state index in [1.807, 2.05) is 18.2 Å². The number of hydrogen-bond donors (Lipinski definition) is 0. The summed E-state index contributed by atoms with van der Waals surface area (Å²) in [5.74, 6) is 1.28. The molecule has 14 rings (SSSR count). The van der Waals surface area contributed by atoms with Crippen LogP contribution in [0.4, 0.5) is 0 Å². The van der Waals surface area contributed by atoms with Gasteiger partial charge in [-0.25, -0.2) is 4.98 Å². The molecule has 0 aliphatic rings. The zero-order valence-corrected chi connectivity index (χ0v) is 39.9. The lowest BCUT2D eigenvalue weighted by Crippen LogP contribution is -2.74. The van der Waals surface area contributed by atoms with Crippen LogP contribution in [0.1, 0.15) is 5.56 Å². The third-order valence-corrected chi connectivity index (χ3v) is 19.4. The third kappa shape index (κ3) is 6.26. The molecule has 0 saturated carbocycles. The highest BCUT2D eigenvalue weighted by Crippen LogP contribution is 2.38. The average molecular weight is 935 g/mol. The van der Waals surface area contributed by atoms with Crippen molar-refractivity contribution in [3.8, 4) is 34.8 Å². The number of aromatic nitrogens is 5. The number of hydrogen-bond acceptors (Lipinski definition) is 3. The molecule has 0 atom stereocenters. The molecule has 72 heavy (non-hydrogen) atoms. The molecule has 14 aromatic rings. The molecular weight excluding hydrogens is 893 g/mol. The van der Waals surface area contributed by atoms with Gasteiger partial charge >= 0.3 is 0 Å². The largest absolute Gasteiger partial charge is 0.309 e. The number of fused-ring (bicyclic) bond motifs is 9. The second kappa shape index (κ2) is 16.5. The Hall–Kier alpha value is -9.61. The van der Waals surface area contributed by atoms with E-state index in [0.29, 0.717) is 11.5 Å². The van der Waals surface area contributed by atoms with Gasteiger partial charge in [0.2, 0.25) is 5.95 Å². The zero-order chi connectivity index (χ0) is 47.8. The maximum atomic E-state index is 10.1. The van der Waals surface area contributed by atoms with Crippen molar-refractivity contribution in [3.63, 3.8) is 0 Å². The van der Waals surface area contributed by atoms with Crippen molar-refractivity contribution in [2.75, 3.05) is 0 Å². The van der Waals surface area contributed by atoms with Gasteiger partial charge in [-0.3, -0.25) is 9.13 Å². The Labute approximate surface area is 416 Å². The van der Waals surface area contributed by atoms with Crippen LogP contribution in [0.2, 0.25) is 0 Å². The van der Waals surface area contributed by atoms with Gasteiger partial charge in [0, 0.05) is 49.6 Å². The molecular formula is C65H42N6Si. The summed E-state index contributed by atoms with van der Waals surface area (Å²) >= 11 is 0. The highest BCUT2D eigenvalue weighted by atomic mass is 28.3. The molecule has 0 amide bonds. The smallest absolute Gasteiger partial charge is 0.237 e. The lowest BCUT2D eigenvalue weighted by atomic mass is 10.1. The van der Waals surface area contributed by atoms with E-state index in [0.717, 1.165) is 77.4 Å². The fraction of sp³-hybridized carbons (Fsp3) is 0. The molecule has 7 heteroatoms. The Morgan fingerprint density at radius 2 is 0.778 bits per heavy atom. The van der Waals surface area contributed by atoms with E-state index in [1.165, 1.54) is 31.5 Å². The number of benzene rings is 10. The van der Waals surface area contributed by atoms with Crippen LogP contribution in [-0.4, -0.2) is 31.7 Å². The first-order valence-corrected chi connectivity index (χ1v) is 26.3. The van der Waals surface area contributed by atoms with E-state index in [9.17, 15) is 5.26 Å². The lowest BCUT2D eigenvalue weighted by molar-refractivity contribution is 0.952. The Morgan fingerprint density at radius 1 is 0.333 bits per heavy atom. The van der Waals surface area contributed by atoms with E-state index in [1.54, 1.807) is 0 Å². The van der Waals surface area contributed by atoms with Crippen molar-refractivity contribution in [2.45, 2.75) is 0 Å². The normalized spacial score (nSPS) is 11.9. The van der Waals surface area contributed by atoms with Gasteiger partial charge in [-0.05, 0) is 81.4 Å². The molecule has 4 heterocycles. The van der Waals surface area contributed by atoms with Crippen molar-refractivity contribution in [1.29, 1.82) is 5.26 Å². The molecule has 6 nitrogen and oxygen atoms in total. The zero-order valence-electron chi connectivity index (χ0n) is 38.9. The Bertz CT molecular complexity index is 4320. The fourth-order valence-electron chi connectivity index (χ4n) is 11.6. The highest BCUT2D eigenvalue weighted by Gasteiger charge is 2.41. The third-order valence-electron chi connectivity index (χ3n) is 14.6. The summed E-state index contributed by atoms with van der Waals surface area (Å²) in [6.45, 7) is 0. The maximum absolute atomic E-state index is 10.1. The van der Waals surface area contributed by atoms with E-state index in [2.05, 4.69) is 256 Å². The summed E-state index contributed by atoms with van der Waals surface area (Å²) in [5.41, 5.74) is 9.76. The second-order valence-corrected chi connectivity index (χ2v) is 22.3. The molecule has 10 aromatic carbocycles. The number of rotatable bonds is 8. The summed E-state index contributed by atoms with van der Waals surface area (Å²) in [6, 6.07) is 93.7. The first kappa shape index (κ1) is 41.4. The molecule has 0 fully saturated rings. The topological polar surface area (TPSA) is 64.4 Å². The van der Waals surface area contributed by atoms with Crippen LogP contribution in [-0.2, 0) is 0 Å². The van der Waals surface area contributed by atoms with E-state index < -0.39 is 8.07 Å². The van der Waals surface area contributed by atoms with Gasteiger partial charge in [-0.1, -0.05) is 188 Å². The van der Waals surface area contributed by atoms with Crippen LogP contribution in [0.5, 0.6) is 0 Å². The monoisotopic (exact) mass is 934 g/mol. The lowest BCUT2D eigenvalue weighted by Gasteiger charge is -2.34. The summed E-state index contributed by atoms with van der Waals surface area (Å²) in [4.78, 5) is 11.3. The minimum atomic E-state index is -2.90. The summed E-state index contributed by atoms with van der Waals surface area (Å²) in [5, 5.41) is 21.9. The van der Waals surface area contributed by atoms with Crippen molar-refractivity contribution >= 4 is 94.2 Å². The number of nitriles is 1. The predicted molar refractivity (Wildman–Crippen MR) is 299 cm³/mol. The van der Waals surface area contributed by atoms with E-state index >= 15 is 0 Å². The molecule has 336 valence electrons. The molecule has 0 spiro atoms. The van der Waals surface area contributed by atoms with Gasteiger partial charge in [0.25, 0.3) is 0 Å². The van der Waals surface area contributed by atoms with Gasteiger partial charge in [0.1, 0.15) is 5.82 Å². The Morgan fingerprint density at radius 3 is 1.35 bits per heavy atom. The van der Waals surface area contributed by atoms with Crippen LogP contribution in [0.15, 0.2) is 255 Å². The molecule has 0 saturated heterocycles. The Balaban J connectivity index is 1.05. The molecule has 0 aliphatic carbocycles. The number of nitrogens with zero attached hydrogens (tertiary/aromatic N) is 6. The minimum Gasteiger partial charge on any atom is -0.309 e. The van der Waals surface area contributed by atoms with Gasteiger partial charge in [0.05, 0.1) is 50.4 Å². The molecule has 0 unspecified atom stereocenters. The summed E-state index contributed by atoms with van der Waals surface area (Å²) in [7, 11) is -2.90. The second-order valence-electron chi connectivity index (χ2n) is 18.5. The SMILES string of the molecule is N#Cc1ccc2c(c1)c1ccccc1n2-c1cc(-c2cccc([Si](c3ccccc3)(c3ccccc3)c3ccccc3)c2)nc(-n2c3ccccc3c3cc(-n4c5ccccc5c5ccccc54)ccc32)n1. The highest BCUT2D eigenvalue weighted by molar-refractivity contribution is 7.19. The molecule has 0 bridgehead atoms. The minimum absolute atomic E-state index is 0.556. The molecule has 4 aromatic heterocycles. The van der Waals surface area contributed by atoms with Crippen molar-refractivity contribution < 1.29 is 0 Å². The Kier molecular flexibility index (Phi) is 9.49. The van der Waals surface area contributed by atoms with Gasteiger partial charge in [0.15, 0.2) is 8.07 Å². The van der Waals surface area contributed by atoms with Crippen molar-refractivity contribution in [2.24, 2.45) is 0 Å². The fourth-order valence-corrected chi connectivity index (χ4v) is 16.4. The summed E-state index contributed by atoms with van der Waals surface area (Å²) in [6.07, 6.45) is 0. The first-order chi connectivity index (χ1) is 35.7. The van der Waals surface area contributed by atoms with Crippen LogP contribution in [0.25, 0.3) is 94.1 Å². The van der Waals surface area contributed by atoms with Crippen LogP contribution >= 0.6 is 0 Å². The van der Waals surface area contributed by atoms with Gasteiger partial charge in [-0.2, -0.15) is 10.2 Å². The van der Waals surface area contributed by atoms with Crippen LogP contribution < -0.4 is 20.7 Å². The van der Waals surface area contributed by atoms with Crippen molar-refractivity contribution in [3.05, 3.63) is 260 Å². The number of para-hydroxylation sites is 4. The standard InChI is InChI=1S/C65H42N6Si/c66-43-44-35-37-62-55(39-44)53-29-12-16-33-60(53)70(62)64-42-57(45-19-18-26-50(40-45)72(47-20-4-1-5-21-47,48-22-6-2-7-23-48)49-24-8-3-9-25-49)67-65(68-64)71-61-34-17-13-30-54(61)56-41-46(36-38-63(56)71)69-58-31-14-10-27-51(58)52-28-11-15-32-59(52)69/h1-42H.